The first-order valence-electron chi connectivity index (χ1n) is 8.27. The molecule has 0 atom stereocenters. The summed E-state index contributed by atoms with van der Waals surface area (Å²) in [6.45, 7) is 1.96. The highest BCUT2D eigenvalue weighted by molar-refractivity contribution is 5.93. The van der Waals surface area contributed by atoms with E-state index in [1.165, 1.54) is 25.1 Å². The number of hydrogen-bond donors (Lipinski definition) is 0. The van der Waals surface area contributed by atoms with Crippen LogP contribution in [-0.4, -0.2) is 10.9 Å². The molecular formula is C21H17NO5. The molecule has 0 unspecified atom stereocenters. The molecule has 6 heteroatoms. The lowest BCUT2D eigenvalue weighted by molar-refractivity contribution is -0.385. The minimum absolute atomic E-state index is 0.117. The quantitative estimate of drug-likeness (QED) is 0.274. The van der Waals surface area contributed by atoms with Crippen molar-refractivity contribution in [3.8, 4) is 11.5 Å². The highest BCUT2D eigenvalue weighted by Crippen LogP contribution is 2.24. The highest BCUT2D eigenvalue weighted by atomic mass is 16.6. The Morgan fingerprint density at radius 2 is 1.59 bits per heavy atom. The lowest BCUT2D eigenvalue weighted by Gasteiger charge is -2.09. The summed E-state index contributed by atoms with van der Waals surface area (Å²) in [4.78, 5) is 22.8. The molecule has 3 rings (SSSR count). The SMILES string of the molecule is Cc1c(C(=O)Oc2ccc(OCc3ccccc3)cc2)cccc1[N+](=O)[O-]. The number of benzene rings is 3. The van der Waals surface area contributed by atoms with E-state index in [0.717, 1.165) is 5.56 Å². The van der Waals surface area contributed by atoms with Gasteiger partial charge in [-0.05, 0) is 42.8 Å². The Hall–Kier alpha value is -3.67. The number of nitro groups is 1. The maximum absolute atomic E-state index is 12.3. The van der Waals surface area contributed by atoms with Crippen LogP contribution in [0.2, 0.25) is 0 Å². The van der Waals surface area contributed by atoms with Gasteiger partial charge >= 0.3 is 5.97 Å². The van der Waals surface area contributed by atoms with E-state index < -0.39 is 10.9 Å². The molecule has 0 spiro atoms. The third kappa shape index (κ3) is 4.49. The smallest absolute Gasteiger partial charge is 0.344 e. The average molecular weight is 363 g/mol. The van der Waals surface area contributed by atoms with Crippen molar-refractivity contribution in [3.05, 3.63) is 99.6 Å². The maximum atomic E-state index is 12.3. The molecule has 0 heterocycles. The van der Waals surface area contributed by atoms with Gasteiger partial charge in [-0.2, -0.15) is 0 Å². The van der Waals surface area contributed by atoms with Crippen molar-refractivity contribution in [3.63, 3.8) is 0 Å². The summed E-state index contributed by atoms with van der Waals surface area (Å²) >= 11 is 0. The third-order valence-electron chi connectivity index (χ3n) is 4.00. The van der Waals surface area contributed by atoms with E-state index in [-0.39, 0.29) is 16.8 Å². The second kappa shape index (κ2) is 8.14. The van der Waals surface area contributed by atoms with Crippen LogP contribution in [0.15, 0.2) is 72.8 Å². The maximum Gasteiger partial charge on any atom is 0.344 e. The molecule has 0 aliphatic rings. The number of hydrogen-bond acceptors (Lipinski definition) is 5. The molecule has 0 amide bonds. The Bertz CT molecular complexity index is 952. The van der Waals surface area contributed by atoms with Gasteiger partial charge in [0.05, 0.1) is 10.5 Å². The van der Waals surface area contributed by atoms with E-state index in [1.54, 1.807) is 24.3 Å². The van der Waals surface area contributed by atoms with Gasteiger partial charge in [0.15, 0.2) is 0 Å². The molecule has 0 aliphatic heterocycles. The molecule has 27 heavy (non-hydrogen) atoms. The molecule has 3 aromatic rings. The van der Waals surface area contributed by atoms with E-state index in [0.29, 0.717) is 18.1 Å². The molecule has 0 saturated heterocycles. The van der Waals surface area contributed by atoms with E-state index in [2.05, 4.69) is 0 Å². The largest absolute Gasteiger partial charge is 0.489 e. The van der Waals surface area contributed by atoms with Crippen molar-refractivity contribution in [1.29, 1.82) is 0 Å². The lowest BCUT2D eigenvalue weighted by atomic mass is 10.1. The van der Waals surface area contributed by atoms with Crippen LogP contribution >= 0.6 is 0 Å². The minimum Gasteiger partial charge on any atom is -0.489 e. The van der Waals surface area contributed by atoms with Crippen molar-refractivity contribution >= 4 is 11.7 Å². The van der Waals surface area contributed by atoms with Crippen LogP contribution in [0.1, 0.15) is 21.5 Å². The topological polar surface area (TPSA) is 78.7 Å². The van der Waals surface area contributed by atoms with Crippen molar-refractivity contribution in [2.75, 3.05) is 0 Å². The Morgan fingerprint density at radius 3 is 2.26 bits per heavy atom. The van der Waals surface area contributed by atoms with E-state index >= 15 is 0 Å². The van der Waals surface area contributed by atoms with E-state index in [9.17, 15) is 14.9 Å². The Labute approximate surface area is 156 Å². The van der Waals surface area contributed by atoms with Crippen LogP contribution in [0.4, 0.5) is 5.69 Å². The van der Waals surface area contributed by atoms with Gasteiger partial charge in [-0.1, -0.05) is 36.4 Å². The highest BCUT2D eigenvalue weighted by Gasteiger charge is 2.19. The Morgan fingerprint density at radius 1 is 0.926 bits per heavy atom. The number of nitrogens with zero attached hydrogens (tertiary/aromatic N) is 1. The standard InChI is InChI=1S/C21H17NO5/c1-15-19(8-5-9-20(15)22(24)25)21(23)27-18-12-10-17(11-13-18)26-14-16-6-3-2-4-7-16/h2-13H,14H2,1H3. The zero-order valence-corrected chi connectivity index (χ0v) is 14.6. The van der Waals surface area contributed by atoms with Crippen LogP contribution in [0.3, 0.4) is 0 Å². The number of esters is 1. The second-order valence-electron chi connectivity index (χ2n) is 5.84. The molecule has 0 bridgehead atoms. The number of nitro benzene ring substituents is 1. The lowest BCUT2D eigenvalue weighted by Crippen LogP contribution is -2.11. The first-order valence-corrected chi connectivity index (χ1v) is 8.27. The molecule has 0 aliphatic carbocycles. The van der Waals surface area contributed by atoms with Crippen molar-refractivity contribution in [2.45, 2.75) is 13.5 Å². The van der Waals surface area contributed by atoms with Crippen LogP contribution in [0, 0.1) is 17.0 Å². The molecule has 0 N–H and O–H groups in total. The van der Waals surface area contributed by atoms with Gasteiger partial charge in [0, 0.05) is 11.6 Å². The van der Waals surface area contributed by atoms with Crippen LogP contribution in [0.5, 0.6) is 11.5 Å². The van der Waals surface area contributed by atoms with Crippen LogP contribution in [-0.2, 0) is 6.61 Å². The second-order valence-corrected chi connectivity index (χ2v) is 5.84. The zero-order valence-electron chi connectivity index (χ0n) is 14.6. The van der Waals surface area contributed by atoms with E-state index in [4.69, 9.17) is 9.47 Å². The minimum atomic E-state index is -0.644. The van der Waals surface area contributed by atoms with Gasteiger partial charge in [-0.3, -0.25) is 10.1 Å². The fraction of sp³-hybridized carbons (Fsp3) is 0.0952. The third-order valence-corrected chi connectivity index (χ3v) is 4.00. The molecular weight excluding hydrogens is 346 g/mol. The molecule has 3 aromatic carbocycles. The van der Waals surface area contributed by atoms with Gasteiger partial charge < -0.3 is 9.47 Å². The number of carbonyl (C=O) groups excluding carboxylic acids is 1. The monoisotopic (exact) mass is 363 g/mol. The predicted octanol–water partition coefficient (Wildman–Crippen LogP) is 4.70. The average Bonchev–Trinajstić information content (AvgIpc) is 2.68. The number of ether oxygens (including phenoxy) is 2. The Kier molecular flexibility index (Phi) is 5.47. The number of rotatable bonds is 6. The fourth-order valence-corrected chi connectivity index (χ4v) is 2.55. The summed E-state index contributed by atoms with van der Waals surface area (Å²) < 4.78 is 11.0. The van der Waals surface area contributed by atoms with Gasteiger partial charge in [0.1, 0.15) is 18.1 Å². The molecule has 6 nitrogen and oxygen atoms in total. The summed E-state index contributed by atoms with van der Waals surface area (Å²) in [5.41, 5.74) is 1.37. The molecule has 0 saturated carbocycles. The number of carbonyl (C=O) groups is 1. The molecule has 136 valence electrons. The Balaban J connectivity index is 1.65. The van der Waals surface area contributed by atoms with Crippen molar-refractivity contribution in [1.82, 2.24) is 0 Å². The van der Waals surface area contributed by atoms with Gasteiger partial charge in [-0.15, -0.1) is 0 Å². The van der Waals surface area contributed by atoms with Gasteiger partial charge in [0.2, 0.25) is 0 Å². The summed E-state index contributed by atoms with van der Waals surface area (Å²) in [5, 5.41) is 11.0. The predicted molar refractivity (Wildman–Crippen MR) is 100 cm³/mol. The molecule has 0 fully saturated rings. The summed E-state index contributed by atoms with van der Waals surface area (Å²) in [5.74, 6) is 0.331. The normalized spacial score (nSPS) is 10.3. The van der Waals surface area contributed by atoms with Crippen molar-refractivity contribution < 1.29 is 19.2 Å². The van der Waals surface area contributed by atoms with Gasteiger partial charge in [-0.25, -0.2) is 4.79 Å². The van der Waals surface area contributed by atoms with Crippen LogP contribution < -0.4 is 9.47 Å². The molecule has 0 aromatic heterocycles. The summed E-state index contributed by atoms with van der Waals surface area (Å²) in [6.07, 6.45) is 0. The van der Waals surface area contributed by atoms with E-state index in [1.807, 2.05) is 30.3 Å². The van der Waals surface area contributed by atoms with Crippen molar-refractivity contribution in [2.24, 2.45) is 0 Å². The molecule has 0 radical (unpaired) electrons. The fourth-order valence-electron chi connectivity index (χ4n) is 2.55. The first kappa shape index (κ1) is 18.1. The first-order chi connectivity index (χ1) is 13.0. The zero-order chi connectivity index (χ0) is 19.2. The summed E-state index contributed by atoms with van der Waals surface area (Å²) in [6, 6.07) is 20.7. The summed E-state index contributed by atoms with van der Waals surface area (Å²) in [7, 11) is 0. The van der Waals surface area contributed by atoms with Gasteiger partial charge in [0.25, 0.3) is 5.69 Å². The van der Waals surface area contributed by atoms with Crippen LogP contribution in [0.25, 0.3) is 0 Å².